The lowest BCUT2D eigenvalue weighted by Gasteiger charge is -2.34. The van der Waals surface area contributed by atoms with Gasteiger partial charge in [-0.2, -0.15) is 5.26 Å². The second-order valence-corrected chi connectivity index (χ2v) is 5.67. The standard InChI is InChI=1S/C14H19N3O/c1-14(2)6-3-11(4-7-14)18-13-12(16)10(9-15)5-8-17-13/h5,8,11H,3-4,6-7,16H2,1-2H3. The molecule has 0 atom stereocenters. The molecule has 1 saturated carbocycles. The van der Waals surface area contributed by atoms with Crippen molar-refractivity contribution >= 4 is 5.69 Å². The zero-order valence-electron chi connectivity index (χ0n) is 10.9. The Bertz CT molecular complexity index is 466. The third-order valence-electron chi connectivity index (χ3n) is 3.64. The normalized spacial score (nSPS) is 19.2. The molecule has 1 heterocycles. The van der Waals surface area contributed by atoms with Gasteiger partial charge in [0.15, 0.2) is 0 Å². The summed E-state index contributed by atoms with van der Waals surface area (Å²) in [5.41, 5.74) is 7.04. The van der Waals surface area contributed by atoms with Crippen molar-refractivity contribution in [3.8, 4) is 11.9 Å². The molecular formula is C14H19N3O. The molecular weight excluding hydrogens is 226 g/mol. The van der Waals surface area contributed by atoms with Crippen LogP contribution >= 0.6 is 0 Å². The number of nitrogens with zero attached hydrogens (tertiary/aromatic N) is 2. The van der Waals surface area contributed by atoms with E-state index in [0.717, 1.165) is 25.7 Å². The van der Waals surface area contributed by atoms with Gasteiger partial charge in [-0.1, -0.05) is 13.8 Å². The van der Waals surface area contributed by atoms with E-state index in [0.29, 0.717) is 22.5 Å². The first kappa shape index (κ1) is 12.7. The van der Waals surface area contributed by atoms with Crippen molar-refractivity contribution in [3.05, 3.63) is 17.8 Å². The minimum atomic E-state index is 0.168. The van der Waals surface area contributed by atoms with Crippen molar-refractivity contribution in [2.75, 3.05) is 5.73 Å². The van der Waals surface area contributed by atoms with Crippen LogP contribution in [0.5, 0.6) is 5.88 Å². The fraction of sp³-hybridized carbons (Fsp3) is 0.571. The molecule has 0 unspecified atom stereocenters. The molecule has 0 amide bonds. The Hall–Kier alpha value is -1.76. The Morgan fingerprint density at radius 2 is 2.11 bits per heavy atom. The molecule has 2 rings (SSSR count). The number of nitriles is 1. The average molecular weight is 245 g/mol. The van der Waals surface area contributed by atoms with Crippen LogP contribution in [-0.4, -0.2) is 11.1 Å². The Kier molecular flexibility index (Phi) is 3.42. The van der Waals surface area contributed by atoms with E-state index < -0.39 is 0 Å². The van der Waals surface area contributed by atoms with E-state index in [9.17, 15) is 0 Å². The zero-order chi connectivity index (χ0) is 13.2. The van der Waals surface area contributed by atoms with Crippen molar-refractivity contribution in [2.24, 2.45) is 5.41 Å². The summed E-state index contributed by atoms with van der Waals surface area (Å²) in [6.45, 7) is 4.57. The number of anilines is 1. The zero-order valence-corrected chi connectivity index (χ0v) is 10.9. The summed E-state index contributed by atoms with van der Waals surface area (Å²) in [6.07, 6.45) is 6.07. The second kappa shape index (κ2) is 4.85. The lowest BCUT2D eigenvalue weighted by molar-refractivity contribution is 0.0956. The van der Waals surface area contributed by atoms with Crippen LogP contribution in [0.1, 0.15) is 45.1 Å². The van der Waals surface area contributed by atoms with Crippen LogP contribution in [0.15, 0.2) is 12.3 Å². The summed E-state index contributed by atoms with van der Waals surface area (Å²) < 4.78 is 5.83. The first-order valence-corrected chi connectivity index (χ1v) is 6.33. The fourth-order valence-electron chi connectivity index (χ4n) is 2.29. The summed E-state index contributed by atoms with van der Waals surface area (Å²) in [5, 5.41) is 8.90. The maximum Gasteiger partial charge on any atom is 0.238 e. The van der Waals surface area contributed by atoms with E-state index >= 15 is 0 Å². The number of ether oxygens (including phenoxy) is 1. The first-order chi connectivity index (χ1) is 8.52. The Balaban J connectivity index is 2.05. The van der Waals surface area contributed by atoms with Crippen LogP contribution in [-0.2, 0) is 0 Å². The monoisotopic (exact) mass is 245 g/mol. The third kappa shape index (κ3) is 2.73. The van der Waals surface area contributed by atoms with Gasteiger partial charge in [0.2, 0.25) is 5.88 Å². The van der Waals surface area contributed by atoms with Gasteiger partial charge >= 0.3 is 0 Å². The minimum absolute atomic E-state index is 0.168. The number of nitrogen functional groups attached to an aromatic ring is 1. The van der Waals surface area contributed by atoms with Gasteiger partial charge in [-0.25, -0.2) is 4.98 Å². The summed E-state index contributed by atoms with van der Waals surface area (Å²) in [7, 11) is 0. The number of aromatic nitrogens is 1. The van der Waals surface area contributed by atoms with Crippen molar-refractivity contribution in [2.45, 2.75) is 45.6 Å². The quantitative estimate of drug-likeness (QED) is 0.869. The minimum Gasteiger partial charge on any atom is -0.473 e. The van der Waals surface area contributed by atoms with Gasteiger partial charge in [-0.3, -0.25) is 0 Å². The molecule has 0 spiro atoms. The van der Waals surface area contributed by atoms with Crippen LogP contribution in [0, 0.1) is 16.7 Å². The van der Waals surface area contributed by atoms with Gasteiger partial charge in [0.25, 0.3) is 0 Å². The number of hydrogen-bond donors (Lipinski definition) is 1. The van der Waals surface area contributed by atoms with E-state index in [2.05, 4.69) is 18.8 Å². The third-order valence-corrected chi connectivity index (χ3v) is 3.64. The van der Waals surface area contributed by atoms with Gasteiger partial charge in [0.1, 0.15) is 17.9 Å². The maximum atomic E-state index is 8.90. The number of rotatable bonds is 2. The molecule has 0 saturated heterocycles. The summed E-state index contributed by atoms with van der Waals surface area (Å²) in [6, 6.07) is 3.64. The highest BCUT2D eigenvalue weighted by molar-refractivity contribution is 5.59. The molecule has 96 valence electrons. The Labute approximate surface area is 108 Å². The molecule has 2 N–H and O–H groups in total. The predicted octanol–water partition coefficient (Wildman–Crippen LogP) is 2.88. The molecule has 4 heteroatoms. The molecule has 1 aromatic rings. The number of hydrogen-bond acceptors (Lipinski definition) is 4. The van der Waals surface area contributed by atoms with Crippen molar-refractivity contribution in [1.82, 2.24) is 4.98 Å². The molecule has 1 aliphatic carbocycles. The smallest absolute Gasteiger partial charge is 0.238 e. The molecule has 1 aromatic heterocycles. The van der Waals surface area contributed by atoms with E-state index in [1.807, 2.05) is 6.07 Å². The Morgan fingerprint density at radius 3 is 2.72 bits per heavy atom. The lowest BCUT2D eigenvalue weighted by Crippen LogP contribution is -2.28. The molecule has 18 heavy (non-hydrogen) atoms. The molecule has 0 aliphatic heterocycles. The first-order valence-electron chi connectivity index (χ1n) is 6.33. The Morgan fingerprint density at radius 1 is 1.44 bits per heavy atom. The van der Waals surface area contributed by atoms with Gasteiger partial charge in [0.05, 0.1) is 5.56 Å². The highest BCUT2D eigenvalue weighted by Gasteiger charge is 2.28. The van der Waals surface area contributed by atoms with Crippen LogP contribution in [0.2, 0.25) is 0 Å². The van der Waals surface area contributed by atoms with Crippen LogP contribution in [0.4, 0.5) is 5.69 Å². The summed E-state index contributed by atoms with van der Waals surface area (Å²) in [4.78, 5) is 4.12. The molecule has 0 aromatic carbocycles. The molecule has 4 nitrogen and oxygen atoms in total. The second-order valence-electron chi connectivity index (χ2n) is 5.67. The molecule has 0 bridgehead atoms. The fourth-order valence-corrected chi connectivity index (χ4v) is 2.29. The molecule has 1 fully saturated rings. The average Bonchev–Trinajstić information content (AvgIpc) is 2.34. The van der Waals surface area contributed by atoms with Gasteiger partial charge in [-0.05, 0) is 37.2 Å². The number of nitrogens with two attached hydrogens (primary N) is 1. The highest BCUT2D eigenvalue weighted by Crippen LogP contribution is 2.37. The number of pyridine rings is 1. The molecule has 1 aliphatic rings. The molecule has 0 radical (unpaired) electrons. The van der Waals surface area contributed by atoms with Gasteiger partial charge in [0, 0.05) is 6.20 Å². The van der Waals surface area contributed by atoms with E-state index in [1.54, 1.807) is 12.3 Å². The largest absolute Gasteiger partial charge is 0.473 e. The van der Waals surface area contributed by atoms with Gasteiger partial charge in [-0.15, -0.1) is 0 Å². The van der Waals surface area contributed by atoms with Crippen molar-refractivity contribution < 1.29 is 4.74 Å². The topological polar surface area (TPSA) is 71.9 Å². The van der Waals surface area contributed by atoms with Crippen LogP contribution < -0.4 is 10.5 Å². The summed E-state index contributed by atoms with van der Waals surface area (Å²) >= 11 is 0. The summed E-state index contributed by atoms with van der Waals surface area (Å²) in [5.74, 6) is 0.402. The van der Waals surface area contributed by atoms with Crippen LogP contribution in [0.3, 0.4) is 0 Å². The van der Waals surface area contributed by atoms with Crippen molar-refractivity contribution in [1.29, 1.82) is 5.26 Å². The highest BCUT2D eigenvalue weighted by atomic mass is 16.5. The SMILES string of the molecule is CC1(C)CCC(Oc2nccc(C#N)c2N)CC1. The van der Waals surface area contributed by atoms with E-state index in [4.69, 9.17) is 15.7 Å². The van der Waals surface area contributed by atoms with Crippen molar-refractivity contribution in [3.63, 3.8) is 0 Å². The predicted molar refractivity (Wildman–Crippen MR) is 70.0 cm³/mol. The maximum absolute atomic E-state index is 8.90. The van der Waals surface area contributed by atoms with Crippen LogP contribution in [0.25, 0.3) is 0 Å². The van der Waals surface area contributed by atoms with E-state index in [-0.39, 0.29) is 6.10 Å². The van der Waals surface area contributed by atoms with Gasteiger partial charge < -0.3 is 10.5 Å². The van der Waals surface area contributed by atoms with E-state index in [1.165, 1.54) is 0 Å². The lowest BCUT2D eigenvalue weighted by atomic mass is 9.76.